The van der Waals surface area contributed by atoms with Crippen molar-refractivity contribution in [1.82, 2.24) is 0 Å². The first-order chi connectivity index (χ1) is 7.27. The molecule has 0 saturated heterocycles. The second kappa shape index (κ2) is 4.56. The zero-order chi connectivity index (χ0) is 10.7. The molecule has 0 aromatic heterocycles. The highest BCUT2D eigenvalue weighted by Gasteiger charge is 2.05. The van der Waals surface area contributed by atoms with E-state index in [1.54, 1.807) is 30.3 Å². The molecule has 0 aliphatic carbocycles. The number of halogens is 2. The SMILES string of the molecule is Clc1cccc(Oc2c[c]ccc2)c1Cl. The van der Waals surface area contributed by atoms with Gasteiger partial charge in [-0.15, -0.1) is 0 Å². The molecule has 0 unspecified atom stereocenters. The summed E-state index contributed by atoms with van der Waals surface area (Å²) in [6, 6.07) is 15.4. The molecule has 0 amide bonds. The fraction of sp³-hybridized carbons (Fsp3) is 0. The van der Waals surface area contributed by atoms with E-state index < -0.39 is 0 Å². The number of hydrogen-bond acceptors (Lipinski definition) is 1. The van der Waals surface area contributed by atoms with Crippen LogP contribution in [0.3, 0.4) is 0 Å². The van der Waals surface area contributed by atoms with Crippen molar-refractivity contribution < 1.29 is 4.74 Å². The Morgan fingerprint density at radius 1 is 1.07 bits per heavy atom. The minimum Gasteiger partial charge on any atom is -0.456 e. The molecule has 0 aliphatic rings. The number of rotatable bonds is 2. The van der Waals surface area contributed by atoms with Crippen LogP contribution in [0.2, 0.25) is 10.0 Å². The zero-order valence-corrected chi connectivity index (χ0v) is 9.22. The summed E-state index contributed by atoms with van der Waals surface area (Å²) in [7, 11) is 0. The first-order valence-corrected chi connectivity index (χ1v) is 5.11. The predicted octanol–water partition coefficient (Wildman–Crippen LogP) is 4.59. The average molecular weight is 238 g/mol. The lowest BCUT2D eigenvalue weighted by Crippen LogP contribution is -1.84. The van der Waals surface area contributed by atoms with Crippen molar-refractivity contribution in [2.75, 3.05) is 0 Å². The number of ether oxygens (including phenoxy) is 1. The normalized spacial score (nSPS) is 10.0. The molecule has 0 fully saturated rings. The van der Waals surface area contributed by atoms with Crippen molar-refractivity contribution >= 4 is 23.2 Å². The van der Waals surface area contributed by atoms with Gasteiger partial charge in [-0.3, -0.25) is 0 Å². The van der Waals surface area contributed by atoms with Crippen LogP contribution in [0.1, 0.15) is 0 Å². The fourth-order valence-electron chi connectivity index (χ4n) is 1.13. The van der Waals surface area contributed by atoms with Crippen molar-refractivity contribution in [1.29, 1.82) is 0 Å². The first-order valence-electron chi connectivity index (χ1n) is 4.35. The third-order valence-corrected chi connectivity index (χ3v) is 2.62. The third-order valence-electron chi connectivity index (χ3n) is 1.82. The summed E-state index contributed by atoms with van der Waals surface area (Å²) in [4.78, 5) is 0. The summed E-state index contributed by atoms with van der Waals surface area (Å²) in [6.45, 7) is 0. The van der Waals surface area contributed by atoms with Gasteiger partial charge in [-0.05, 0) is 30.3 Å². The van der Waals surface area contributed by atoms with E-state index >= 15 is 0 Å². The Labute approximate surface area is 98.2 Å². The molecule has 75 valence electrons. The van der Waals surface area contributed by atoms with Gasteiger partial charge in [0, 0.05) is 0 Å². The second-order valence-corrected chi connectivity index (χ2v) is 3.68. The minimum atomic E-state index is 0.419. The largest absolute Gasteiger partial charge is 0.456 e. The van der Waals surface area contributed by atoms with E-state index in [9.17, 15) is 0 Å². The maximum atomic E-state index is 5.98. The van der Waals surface area contributed by atoms with E-state index in [4.69, 9.17) is 27.9 Å². The number of benzene rings is 2. The van der Waals surface area contributed by atoms with Gasteiger partial charge in [0.1, 0.15) is 16.5 Å². The van der Waals surface area contributed by atoms with E-state index in [2.05, 4.69) is 6.07 Å². The van der Waals surface area contributed by atoms with Gasteiger partial charge >= 0.3 is 0 Å². The van der Waals surface area contributed by atoms with Crippen molar-refractivity contribution in [3.8, 4) is 11.5 Å². The van der Waals surface area contributed by atoms with Crippen LogP contribution >= 0.6 is 23.2 Å². The summed E-state index contributed by atoms with van der Waals surface area (Å²) in [6.07, 6.45) is 0. The first kappa shape index (κ1) is 10.3. The molecule has 0 bridgehead atoms. The Hall–Kier alpha value is -1.18. The van der Waals surface area contributed by atoms with Crippen LogP contribution in [0, 0.1) is 6.07 Å². The molecule has 0 saturated carbocycles. The van der Waals surface area contributed by atoms with Gasteiger partial charge in [-0.1, -0.05) is 41.4 Å². The van der Waals surface area contributed by atoms with Gasteiger partial charge in [0.05, 0.1) is 5.02 Å². The van der Waals surface area contributed by atoms with Gasteiger partial charge < -0.3 is 4.74 Å². The molecule has 1 radical (unpaired) electrons. The van der Waals surface area contributed by atoms with E-state index in [1.807, 2.05) is 12.1 Å². The van der Waals surface area contributed by atoms with E-state index in [1.165, 1.54) is 0 Å². The van der Waals surface area contributed by atoms with Crippen molar-refractivity contribution in [2.24, 2.45) is 0 Å². The van der Waals surface area contributed by atoms with Crippen LogP contribution in [-0.2, 0) is 0 Å². The second-order valence-electron chi connectivity index (χ2n) is 2.89. The Kier molecular flexibility index (Phi) is 3.14. The van der Waals surface area contributed by atoms with Crippen LogP contribution < -0.4 is 4.74 Å². The molecular formula is C12H7Cl2O. The fourth-order valence-corrected chi connectivity index (χ4v) is 1.46. The third kappa shape index (κ3) is 2.44. The highest BCUT2D eigenvalue weighted by molar-refractivity contribution is 6.42. The predicted molar refractivity (Wildman–Crippen MR) is 61.8 cm³/mol. The maximum absolute atomic E-state index is 5.98. The summed E-state index contributed by atoms with van der Waals surface area (Å²) in [5.41, 5.74) is 0. The Morgan fingerprint density at radius 3 is 2.67 bits per heavy atom. The molecule has 2 aromatic carbocycles. The Balaban J connectivity index is 2.29. The molecule has 0 atom stereocenters. The van der Waals surface area contributed by atoms with E-state index in [0.29, 0.717) is 21.5 Å². The average Bonchev–Trinajstić information content (AvgIpc) is 2.26. The summed E-state index contributed by atoms with van der Waals surface area (Å²) in [5.74, 6) is 1.23. The molecule has 0 heterocycles. The van der Waals surface area contributed by atoms with Crippen LogP contribution in [0.15, 0.2) is 42.5 Å². The molecule has 0 N–H and O–H groups in total. The molecule has 0 aliphatic heterocycles. The van der Waals surface area contributed by atoms with Gasteiger partial charge in [0.2, 0.25) is 0 Å². The molecule has 15 heavy (non-hydrogen) atoms. The minimum absolute atomic E-state index is 0.419. The standard InChI is InChI=1S/C12H7Cl2O/c13-10-7-4-8-11(12(10)14)15-9-5-2-1-3-6-9/h1-2,4-8H. The van der Waals surface area contributed by atoms with Gasteiger partial charge in [0.25, 0.3) is 0 Å². The highest BCUT2D eigenvalue weighted by Crippen LogP contribution is 2.34. The topological polar surface area (TPSA) is 9.23 Å². The smallest absolute Gasteiger partial charge is 0.147 e. The summed E-state index contributed by atoms with van der Waals surface area (Å²) < 4.78 is 5.54. The van der Waals surface area contributed by atoms with Gasteiger partial charge in [0.15, 0.2) is 0 Å². The summed E-state index contributed by atoms with van der Waals surface area (Å²) >= 11 is 11.8. The lowest BCUT2D eigenvalue weighted by molar-refractivity contribution is 0.483. The Morgan fingerprint density at radius 2 is 1.93 bits per heavy atom. The van der Waals surface area contributed by atoms with E-state index in [-0.39, 0.29) is 0 Å². The molecule has 2 aromatic rings. The molecule has 3 heteroatoms. The van der Waals surface area contributed by atoms with Gasteiger partial charge in [-0.25, -0.2) is 0 Å². The van der Waals surface area contributed by atoms with E-state index in [0.717, 1.165) is 0 Å². The van der Waals surface area contributed by atoms with Crippen molar-refractivity contribution in [3.63, 3.8) is 0 Å². The monoisotopic (exact) mass is 237 g/mol. The van der Waals surface area contributed by atoms with Crippen molar-refractivity contribution in [2.45, 2.75) is 0 Å². The lowest BCUT2D eigenvalue weighted by Gasteiger charge is -2.07. The van der Waals surface area contributed by atoms with Crippen LogP contribution in [0.5, 0.6) is 11.5 Å². The molecule has 1 nitrogen and oxygen atoms in total. The van der Waals surface area contributed by atoms with Crippen LogP contribution in [0.25, 0.3) is 0 Å². The molecule has 2 rings (SSSR count). The zero-order valence-electron chi connectivity index (χ0n) is 7.71. The van der Waals surface area contributed by atoms with Crippen molar-refractivity contribution in [3.05, 3.63) is 58.6 Å². The van der Waals surface area contributed by atoms with Crippen LogP contribution in [-0.4, -0.2) is 0 Å². The summed E-state index contributed by atoms with van der Waals surface area (Å²) in [5, 5.41) is 0.900. The lowest BCUT2D eigenvalue weighted by atomic mass is 10.3. The maximum Gasteiger partial charge on any atom is 0.147 e. The van der Waals surface area contributed by atoms with Gasteiger partial charge in [-0.2, -0.15) is 0 Å². The highest BCUT2D eigenvalue weighted by atomic mass is 35.5. The molecule has 0 spiro atoms. The Bertz CT molecular complexity index is 454. The number of hydrogen-bond donors (Lipinski definition) is 0. The molecular weight excluding hydrogens is 231 g/mol. The quantitative estimate of drug-likeness (QED) is 0.743. The van der Waals surface area contributed by atoms with Crippen LogP contribution in [0.4, 0.5) is 0 Å².